The number of nitrogens with one attached hydrogen (secondary N) is 2. The van der Waals surface area contributed by atoms with Crippen LogP contribution < -0.4 is 10.6 Å². The van der Waals surface area contributed by atoms with Crippen molar-refractivity contribution in [3.8, 4) is 0 Å². The summed E-state index contributed by atoms with van der Waals surface area (Å²) in [4.78, 5) is 35.6. The fourth-order valence-electron chi connectivity index (χ4n) is 2.81. The van der Waals surface area contributed by atoms with E-state index in [2.05, 4.69) is 26.2 Å². The van der Waals surface area contributed by atoms with Gasteiger partial charge in [-0.3, -0.25) is 0 Å². The summed E-state index contributed by atoms with van der Waals surface area (Å²) < 4.78 is 9.34. The van der Waals surface area contributed by atoms with Crippen molar-refractivity contribution in [1.29, 1.82) is 0 Å². The van der Waals surface area contributed by atoms with E-state index >= 15 is 0 Å². The number of anilines is 1. The Kier molecular flexibility index (Phi) is 7.20. The lowest BCUT2D eigenvalue weighted by Crippen LogP contribution is -2.30. The fraction of sp³-hybridized carbons (Fsp3) is 0.421. The van der Waals surface area contributed by atoms with Crippen LogP contribution in [0.4, 0.5) is 10.5 Å². The van der Waals surface area contributed by atoms with Crippen LogP contribution in [-0.2, 0) is 9.47 Å². The Labute approximate surface area is 152 Å². The van der Waals surface area contributed by atoms with Gasteiger partial charge in [-0.25, -0.2) is 14.4 Å². The van der Waals surface area contributed by atoms with Gasteiger partial charge in [0.15, 0.2) is 0 Å². The highest BCUT2D eigenvalue weighted by Crippen LogP contribution is 2.20. The number of urea groups is 1. The van der Waals surface area contributed by atoms with Crippen LogP contribution in [0.1, 0.15) is 52.8 Å². The highest BCUT2D eigenvalue weighted by molar-refractivity contribution is 5.99. The molecule has 140 valence electrons. The van der Waals surface area contributed by atoms with E-state index in [-0.39, 0.29) is 11.1 Å². The van der Waals surface area contributed by atoms with Crippen LogP contribution in [0.3, 0.4) is 0 Å². The average Bonchev–Trinajstić information content (AvgIpc) is 2.67. The van der Waals surface area contributed by atoms with E-state index in [1.165, 1.54) is 50.8 Å². The molecule has 0 bridgehead atoms. The first kappa shape index (κ1) is 19.5. The molecule has 0 atom stereocenters. The molecule has 1 aliphatic carbocycles. The van der Waals surface area contributed by atoms with Crippen molar-refractivity contribution in [3.05, 3.63) is 41.0 Å². The number of hydrogen-bond acceptors (Lipinski definition) is 5. The first-order valence-corrected chi connectivity index (χ1v) is 8.58. The Morgan fingerprint density at radius 2 is 1.65 bits per heavy atom. The standard InChI is InChI=1S/C19H24N2O5/c1-25-17(22)14-10-15(18(23)26-2)12-16(11-14)21-19(24)20-9-8-13-6-4-3-5-7-13/h6,10-12H,3-5,7-9H2,1-2H3,(H2,20,21,24). The molecule has 0 spiro atoms. The predicted molar refractivity (Wildman–Crippen MR) is 97.3 cm³/mol. The van der Waals surface area contributed by atoms with Crippen molar-refractivity contribution in [2.75, 3.05) is 26.1 Å². The van der Waals surface area contributed by atoms with E-state index in [1.807, 2.05) is 0 Å². The molecule has 0 aliphatic heterocycles. The van der Waals surface area contributed by atoms with Gasteiger partial charge in [0.05, 0.1) is 25.3 Å². The Hall–Kier alpha value is -2.83. The van der Waals surface area contributed by atoms with Crippen LogP contribution in [0, 0.1) is 0 Å². The molecular formula is C19H24N2O5. The Bertz CT molecular complexity index is 678. The van der Waals surface area contributed by atoms with Gasteiger partial charge in [0.2, 0.25) is 0 Å². The highest BCUT2D eigenvalue weighted by Gasteiger charge is 2.15. The van der Waals surface area contributed by atoms with Gasteiger partial charge in [-0.05, 0) is 50.3 Å². The van der Waals surface area contributed by atoms with Gasteiger partial charge < -0.3 is 20.1 Å². The number of ether oxygens (including phenoxy) is 2. The summed E-state index contributed by atoms with van der Waals surface area (Å²) >= 11 is 0. The largest absolute Gasteiger partial charge is 0.465 e. The molecule has 26 heavy (non-hydrogen) atoms. The Balaban J connectivity index is 1.99. The molecule has 0 saturated carbocycles. The lowest BCUT2D eigenvalue weighted by molar-refractivity contribution is 0.0599. The third-order valence-corrected chi connectivity index (χ3v) is 4.15. The molecule has 0 saturated heterocycles. The second-order valence-electron chi connectivity index (χ2n) is 6.02. The zero-order valence-corrected chi connectivity index (χ0v) is 15.1. The van der Waals surface area contributed by atoms with E-state index in [4.69, 9.17) is 0 Å². The average molecular weight is 360 g/mol. The summed E-state index contributed by atoms with van der Waals surface area (Å²) in [6, 6.07) is 3.85. The van der Waals surface area contributed by atoms with Gasteiger partial charge in [-0.15, -0.1) is 0 Å². The van der Waals surface area contributed by atoms with Crippen LogP contribution in [-0.4, -0.2) is 38.7 Å². The number of methoxy groups -OCH3 is 2. The Morgan fingerprint density at radius 1 is 1.00 bits per heavy atom. The molecule has 7 nitrogen and oxygen atoms in total. The number of amides is 2. The van der Waals surface area contributed by atoms with Crippen molar-refractivity contribution in [3.63, 3.8) is 0 Å². The van der Waals surface area contributed by atoms with E-state index in [9.17, 15) is 14.4 Å². The van der Waals surface area contributed by atoms with Crippen molar-refractivity contribution in [1.82, 2.24) is 5.32 Å². The van der Waals surface area contributed by atoms with Crippen molar-refractivity contribution < 1.29 is 23.9 Å². The number of carbonyl (C=O) groups is 3. The summed E-state index contributed by atoms with van der Waals surface area (Å²) in [7, 11) is 2.49. The minimum atomic E-state index is -0.608. The van der Waals surface area contributed by atoms with E-state index < -0.39 is 18.0 Å². The summed E-state index contributed by atoms with van der Waals surface area (Å²) in [5.41, 5.74) is 1.98. The lowest BCUT2D eigenvalue weighted by Gasteiger charge is -2.14. The Morgan fingerprint density at radius 3 is 2.19 bits per heavy atom. The fourth-order valence-corrected chi connectivity index (χ4v) is 2.81. The van der Waals surface area contributed by atoms with Crippen molar-refractivity contribution >= 4 is 23.7 Å². The molecule has 0 unspecified atom stereocenters. The molecular weight excluding hydrogens is 336 g/mol. The maximum Gasteiger partial charge on any atom is 0.337 e. The lowest BCUT2D eigenvalue weighted by atomic mass is 9.97. The third-order valence-electron chi connectivity index (χ3n) is 4.15. The molecule has 2 rings (SSSR count). The van der Waals surface area contributed by atoms with Crippen LogP contribution in [0.2, 0.25) is 0 Å². The topological polar surface area (TPSA) is 93.7 Å². The van der Waals surface area contributed by atoms with Crippen LogP contribution in [0.15, 0.2) is 29.8 Å². The zero-order chi connectivity index (χ0) is 18.9. The minimum Gasteiger partial charge on any atom is -0.465 e. The molecule has 0 heterocycles. The van der Waals surface area contributed by atoms with Crippen LogP contribution in [0.25, 0.3) is 0 Å². The SMILES string of the molecule is COC(=O)c1cc(NC(=O)NCCC2=CCCCC2)cc(C(=O)OC)c1. The summed E-state index contributed by atoms with van der Waals surface area (Å²) in [6.07, 6.45) is 7.70. The highest BCUT2D eigenvalue weighted by atomic mass is 16.5. The van der Waals surface area contributed by atoms with Gasteiger partial charge in [-0.2, -0.15) is 0 Å². The quantitative estimate of drug-likeness (QED) is 0.600. The number of allylic oxidation sites excluding steroid dienone is 1. The smallest absolute Gasteiger partial charge is 0.337 e. The number of esters is 2. The first-order valence-electron chi connectivity index (χ1n) is 8.58. The molecule has 0 fully saturated rings. The van der Waals surface area contributed by atoms with Gasteiger partial charge >= 0.3 is 18.0 Å². The molecule has 0 aromatic heterocycles. The molecule has 1 aliphatic rings. The van der Waals surface area contributed by atoms with Crippen LogP contribution in [0.5, 0.6) is 0 Å². The zero-order valence-electron chi connectivity index (χ0n) is 15.1. The van der Waals surface area contributed by atoms with Gasteiger partial charge in [0, 0.05) is 12.2 Å². The van der Waals surface area contributed by atoms with Gasteiger partial charge in [0.25, 0.3) is 0 Å². The molecule has 2 amide bonds. The molecule has 1 aromatic rings. The predicted octanol–water partition coefficient (Wildman–Crippen LogP) is 3.27. The monoisotopic (exact) mass is 360 g/mol. The maximum atomic E-state index is 12.1. The first-order chi connectivity index (χ1) is 12.5. The molecule has 0 radical (unpaired) electrons. The normalized spacial score (nSPS) is 13.4. The summed E-state index contributed by atoms with van der Waals surface area (Å²) in [6.45, 7) is 0.526. The van der Waals surface area contributed by atoms with Crippen LogP contribution >= 0.6 is 0 Å². The second-order valence-corrected chi connectivity index (χ2v) is 6.02. The summed E-state index contributed by atoms with van der Waals surface area (Å²) in [5, 5.41) is 5.41. The number of benzene rings is 1. The third kappa shape index (κ3) is 5.61. The van der Waals surface area contributed by atoms with Crippen molar-refractivity contribution in [2.24, 2.45) is 0 Å². The minimum absolute atomic E-state index is 0.151. The van der Waals surface area contributed by atoms with E-state index in [0.29, 0.717) is 12.2 Å². The number of rotatable bonds is 6. The van der Waals surface area contributed by atoms with Gasteiger partial charge in [-0.1, -0.05) is 11.6 Å². The molecule has 1 aromatic carbocycles. The van der Waals surface area contributed by atoms with Crippen molar-refractivity contribution in [2.45, 2.75) is 32.1 Å². The summed E-state index contributed by atoms with van der Waals surface area (Å²) in [5.74, 6) is -1.22. The van der Waals surface area contributed by atoms with E-state index in [0.717, 1.165) is 19.3 Å². The molecule has 7 heteroatoms. The molecule has 2 N–H and O–H groups in total. The van der Waals surface area contributed by atoms with Gasteiger partial charge in [0.1, 0.15) is 0 Å². The number of carbonyl (C=O) groups excluding carboxylic acids is 3. The van der Waals surface area contributed by atoms with E-state index in [1.54, 1.807) is 0 Å². The second kappa shape index (κ2) is 9.60. The number of hydrogen-bond donors (Lipinski definition) is 2. The maximum absolute atomic E-state index is 12.1.